The highest BCUT2D eigenvalue weighted by Gasteiger charge is 2.30. The van der Waals surface area contributed by atoms with Gasteiger partial charge in [-0.25, -0.2) is 9.48 Å². The van der Waals surface area contributed by atoms with Gasteiger partial charge < -0.3 is 5.11 Å². The van der Waals surface area contributed by atoms with Crippen molar-refractivity contribution in [3.63, 3.8) is 0 Å². The summed E-state index contributed by atoms with van der Waals surface area (Å²) < 4.78 is 2.61. The summed E-state index contributed by atoms with van der Waals surface area (Å²) >= 11 is 9.61. The zero-order chi connectivity index (χ0) is 15.0. The van der Waals surface area contributed by atoms with Gasteiger partial charge in [-0.05, 0) is 23.8 Å². The van der Waals surface area contributed by atoms with E-state index in [4.69, 9.17) is 16.7 Å². The molecular formula is C13H12BrClN4O2. The number of hydrogen-bond donors (Lipinski definition) is 1. The molecule has 2 heterocycles. The van der Waals surface area contributed by atoms with Gasteiger partial charge in [0.2, 0.25) is 0 Å². The smallest absolute Gasteiger partial charge is 0.358 e. The first-order chi connectivity index (χ1) is 10.0. The van der Waals surface area contributed by atoms with Gasteiger partial charge in [-0.2, -0.15) is 0 Å². The van der Waals surface area contributed by atoms with Crippen LogP contribution in [0.5, 0.6) is 0 Å². The van der Waals surface area contributed by atoms with Crippen molar-refractivity contribution >= 4 is 33.5 Å². The SMILES string of the molecule is O=C(O)c1cn(C2CN(Cc3cc(Br)ccc3Cl)C2)nn1. The molecule has 0 spiro atoms. The van der Waals surface area contributed by atoms with Crippen molar-refractivity contribution in [2.24, 2.45) is 0 Å². The van der Waals surface area contributed by atoms with Crippen LogP contribution < -0.4 is 0 Å². The molecular weight excluding hydrogens is 360 g/mol. The zero-order valence-electron chi connectivity index (χ0n) is 10.9. The fourth-order valence-corrected chi connectivity index (χ4v) is 2.88. The maximum Gasteiger partial charge on any atom is 0.358 e. The summed E-state index contributed by atoms with van der Waals surface area (Å²) in [5.74, 6) is -1.06. The molecule has 0 amide bonds. The lowest BCUT2D eigenvalue weighted by atomic mass is 10.1. The van der Waals surface area contributed by atoms with Crippen LogP contribution in [0.2, 0.25) is 5.02 Å². The van der Waals surface area contributed by atoms with Crippen LogP contribution in [0.25, 0.3) is 0 Å². The molecule has 0 aliphatic carbocycles. The topological polar surface area (TPSA) is 71.2 Å². The second-order valence-electron chi connectivity index (χ2n) is 4.97. The number of rotatable bonds is 4. The molecule has 1 aromatic heterocycles. The molecule has 8 heteroatoms. The number of carboxylic acid groups (broad SMARTS) is 1. The number of aromatic carboxylic acids is 1. The van der Waals surface area contributed by atoms with Crippen molar-refractivity contribution in [3.8, 4) is 0 Å². The Balaban J connectivity index is 1.60. The molecule has 1 aliphatic rings. The van der Waals surface area contributed by atoms with Gasteiger partial charge in [0.15, 0.2) is 5.69 Å². The molecule has 0 radical (unpaired) electrons. The molecule has 1 aromatic carbocycles. The van der Waals surface area contributed by atoms with E-state index >= 15 is 0 Å². The van der Waals surface area contributed by atoms with Gasteiger partial charge >= 0.3 is 5.97 Å². The largest absolute Gasteiger partial charge is 0.476 e. The molecule has 0 atom stereocenters. The Hall–Kier alpha value is -1.44. The van der Waals surface area contributed by atoms with Crippen molar-refractivity contribution in [2.45, 2.75) is 12.6 Å². The van der Waals surface area contributed by atoms with Crippen LogP contribution in [-0.4, -0.2) is 44.1 Å². The van der Waals surface area contributed by atoms with Crippen LogP contribution in [0, 0.1) is 0 Å². The Morgan fingerprint density at radius 1 is 1.48 bits per heavy atom. The molecule has 0 unspecified atom stereocenters. The summed E-state index contributed by atoms with van der Waals surface area (Å²) in [5, 5.41) is 17.1. The molecule has 1 fully saturated rings. The number of nitrogens with zero attached hydrogens (tertiary/aromatic N) is 4. The lowest BCUT2D eigenvalue weighted by molar-refractivity contribution is 0.0690. The van der Waals surface area contributed by atoms with E-state index in [2.05, 4.69) is 31.1 Å². The first-order valence-corrected chi connectivity index (χ1v) is 7.51. The van der Waals surface area contributed by atoms with E-state index in [0.29, 0.717) is 0 Å². The van der Waals surface area contributed by atoms with E-state index in [0.717, 1.165) is 34.7 Å². The van der Waals surface area contributed by atoms with E-state index in [1.165, 1.54) is 6.20 Å². The second-order valence-corrected chi connectivity index (χ2v) is 6.30. The molecule has 1 saturated heterocycles. The standard InChI is InChI=1S/C13H12BrClN4O2/c14-9-1-2-11(15)8(3-9)4-18-5-10(6-18)19-7-12(13(20)21)16-17-19/h1-3,7,10H,4-6H2,(H,20,21). The van der Waals surface area contributed by atoms with E-state index in [-0.39, 0.29) is 11.7 Å². The molecule has 0 saturated carbocycles. The number of carboxylic acids is 1. The molecule has 3 rings (SSSR count). The predicted octanol–water partition coefficient (Wildman–Crippen LogP) is 2.45. The highest BCUT2D eigenvalue weighted by atomic mass is 79.9. The molecule has 2 aromatic rings. The van der Waals surface area contributed by atoms with Gasteiger partial charge in [-0.1, -0.05) is 32.7 Å². The minimum absolute atomic E-state index is 0.0246. The van der Waals surface area contributed by atoms with Crippen LogP contribution in [0.3, 0.4) is 0 Å². The maximum absolute atomic E-state index is 10.8. The third-order valence-electron chi connectivity index (χ3n) is 3.44. The summed E-state index contributed by atoms with van der Waals surface area (Å²) in [6, 6.07) is 5.95. The summed E-state index contributed by atoms with van der Waals surface area (Å²) in [6.07, 6.45) is 1.47. The number of hydrogen-bond acceptors (Lipinski definition) is 4. The van der Waals surface area contributed by atoms with Crippen molar-refractivity contribution in [1.29, 1.82) is 0 Å². The Morgan fingerprint density at radius 3 is 2.90 bits per heavy atom. The fraction of sp³-hybridized carbons (Fsp3) is 0.308. The minimum atomic E-state index is -1.06. The first-order valence-electron chi connectivity index (χ1n) is 6.34. The van der Waals surface area contributed by atoms with E-state index < -0.39 is 5.97 Å². The van der Waals surface area contributed by atoms with Crippen molar-refractivity contribution < 1.29 is 9.90 Å². The Bertz CT molecular complexity index is 685. The summed E-state index contributed by atoms with van der Waals surface area (Å²) in [5.41, 5.74) is 1.04. The molecule has 110 valence electrons. The van der Waals surface area contributed by atoms with Gasteiger partial charge in [0.1, 0.15) is 0 Å². The van der Waals surface area contributed by atoms with Gasteiger partial charge in [-0.15, -0.1) is 5.10 Å². The zero-order valence-corrected chi connectivity index (χ0v) is 13.3. The molecule has 1 N–H and O–H groups in total. The highest BCUT2D eigenvalue weighted by molar-refractivity contribution is 9.10. The number of halogens is 2. The van der Waals surface area contributed by atoms with E-state index in [1.54, 1.807) is 4.68 Å². The third kappa shape index (κ3) is 3.09. The van der Waals surface area contributed by atoms with Gasteiger partial charge in [0.05, 0.1) is 12.2 Å². The minimum Gasteiger partial charge on any atom is -0.476 e. The monoisotopic (exact) mass is 370 g/mol. The Morgan fingerprint density at radius 2 is 2.24 bits per heavy atom. The predicted molar refractivity (Wildman–Crippen MR) is 80.4 cm³/mol. The fourth-order valence-electron chi connectivity index (χ4n) is 2.30. The average molecular weight is 372 g/mol. The molecule has 21 heavy (non-hydrogen) atoms. The Kier molecular flexibility index (Phi) is 3.97. The van der Waals surface area contributed by atoms with Crippen molar-refractivity contribution in [2.75, 3.05) is 13.1 Å². The van der Waals surface area contributed by atoms with Crippen LogP contribution in [0.15, 0.2) is 28.9 Å². The van der Waals surface area contributed by atoms with E-state index in [1.807, 2.05) is 18.2 Å². The lowest BCUT2D eigenvalue weighted by Crippen LogP contribution is -2.47. The number of benzene rings is 1. The second kappa shape index (κ2) is 5.75. The van der Waals surface area contributed by atoms with Gasteiger partial charge in [-0.3, -0.25) is 4.90 Å². The van der Waals surface area contributed by atoms with Gasteiger partial charge in [0.25, 0.3) is 0 Å². The van der Waals surface area contributed by atoms with Crippen LogP contribution in [-0.2, 0) is 6.54 Å². The van der Waals surface area contributed by atoms with E-state index in [9.17, 15) is 4.79 Å². The molecule has 0 bridgehead atoms. The third-order valence-corrected chi connectivity index (χ3v) is 4.31. The average Bonchev–Trinajstić information content (AvgIpc) is 2.86. The number of aromatic nitrogens is 3. The van der Waals surface area contributed by atoms with Crippen LogP contribution >= 0.6 is 27.5 Å². The molecule has 1 aliphatic heterocycles. The summed E-state index contributed by atoms with van der Waals surface area (Å²) in [7, 11) is 0. The lowest BCUT2D eigenvalue weighted by Gasteiger charge is -2.39. The van der Waals surface area contributed by atoms with Crippen molar-refractivity contribution in [1.82, 2.24) is 19.9 Å². The highest BCUT2D eigenvalue weighted by Crippen LogP contribution is 2.27. The number of carbonyl (C=O) groups is 1. The van der Waals surface area contributed by atoms with Crippen LogP contribution in [0.4, 0.5) is 0 Å². The summed E-state index contributed by atoms with van der Waals surface area (Å²) in [6.45, 7) is 2.35. The first kappa shape index (κ1) is 14.5. The molecule has 6 nitrogen and oxygen atoms in total. The Labute approximate surface area is 134 Å². The van der Waals surface area contributed by atoms with Crippen LogP contribution in [0.1, 0.15) is 22.1 Å². The van der Waals surface area contributed by atoms with Crippen molar-refractivity contribution in [3.05, 3.63) is 45.1 Å². The quantitative estimate of drug-likeness (QED) is 0.894. The number of likely N-dealkylation sites (tertiary alicyclic amines) is 1. The maximum atomic E-state index is 10.8. The normalized spacial score (nSPS) is 15.9. The summed E-state index contributed by atoms with van der Waals surface area (Å²) in [4.78, 5) is 13.0. The van der Waals surface area contributed by atoms with Gasteiger partial charge in [0, 0.05) is 29.1 Å².